The van der Waals surface area contributed by atoms with Crippen LogP contribution in [0, 0.1) is 5.92 Å². The van der Waals surface area contributed by atoms with Crippen molar-refractivity contribution in [2.45, 2.75) is 31.7 Å². The van der Waals surface area contributed by atoms with Crippen molar-refractivity contribution in [2.24, 2.45) is 11.8 Å². The summed E-state index contributed by atoms with van der Waals surface area (Å²) in [6, 6.07) is 0.205. The van der Waals surface area contributed by atoms with Crippen LogP contribution in [0.2, 0.25) is 0 Å². The molecule has 1 aromatic heterocycles. The molecule has 0 aromatic carbocycles. The van der Waals surface area contributed by atoms with Gasteiger partial charge in [0.2, 0.25) is 0 Å². The molecule has 76 valence electrons. The van der Waals surface area contributed by atoms with Crippen LogP contribution < -0.4 is 11.3 Å². The fraction of sp³-hybridized carbons (Fsp3) is 0.600. The van der Waals surface area contributed by atoms with Crippen LogP contribution in [0.15, 0.2) is 18.7 Å². The van der Waals surface area contributed by atoms with Crippen LogP contribution in [0.5, 0.6) is 0 Å². The summed E-state index contributed by atoms with van der Waals surface area (Å²) in [4.78, 5) is 7.98. The maximum atomic E-state index is 5.51. The number of aromatic nitrogens is 2. The maximum absolute atomic E-state index is 5.51. The predicted octanol–water partition coefficient (Wildman–Crippen LogP) is 1.17. The topological polar surface area (TPSA) is 63.8 Å². The summed E-state index contributed by atoms with van der Waals surface area (Å²) in [6.45, 7) is 0. The molecule has 0 saturated heterocycles. The molecule has 1 aromatic rings. The summed E-state index contributed by atoms with van der Waals surface area (Å²) in [6.07, 6.45) is 10.3. The van der Waals surface area contributed by atoms with Crippen molar-refractivity contribution in [1.82, 2.24) is 15.4 Å². The van der Waals surface area contributed by atoms with Crippen LogP contribution in [0.4, 0.5) is 0 Å². The zero-order valence-electron chi connectivity index (χ0n) is 8.19. The van der Waals surface area contributed by atoms with Crippen molar-refractivity contribution in [3.05, 3.63) is 24.3 Å². The number of hydrazine groups is 1. The van der Waals surface area contributed by atoms with Gasteiger partial charge in [0.15, 0.2) is 0 Å². The molecule has 4 nitrogen and oxygen atoms in total. The van der Waals surface area contributed by atoms with E-state index in [-0.39, 0.29) is 6.04 Å². The summed E-state index contributed by atoms with van der Waals surface area (Å²) < 4.78 is 0. The van der Waals surface area contributed by atoms with Gasteiger partial charge in [-0.05, 0) is 18.8 Å². The standard InChI is InChI=1S/C10H16N4/c11-14-10(4-3-8-1-2-8)9-5-12-7-13-6-9/h5-8,10,14H,1-4,11H2. The molecule has 1 aliphatic rings. The summed E-state index contributed by atoms with van der Waals surface area (Å²) in [5.41, 5.74) is 3.90. The molecule has 0 amide bonds. The molecule has 4 heteroatoms. The second-order valence-corrected chi connectivity index (χ2v) is 3.91. The zero-order valence-corrected chi connectivity index (χ0v) is 8.19. The Morgan fingerprint density at radius 3 is 2.71 bits per heavy atom. The van der Waals surface area contributed by atoms with E-state index in [9.17, 15) is 0 Å². The number of rotatable bonds is 5. The van der Waals surface area contributed by atoms with Gasteiger partial charge in [0, 0.05) is 24.0 Å². The first-order valence-corrected chi connectivity index (χ1v) is 5.11. The monoisotopic (exact) mass is 192 g/mol. The van der Waals surface area contributed by atoms with Gasteiger partial charge in [-0.3, -0.25) is 11.3 Å². The average molecular weight is 192 g/mol. The van der Waals surface area contributed by atoms with Crippen LogP contribution in [0.3, 0.4) is 0 Å². The third-order valence-corrected chi connectivity index (χ3v) is 2.74. The van der Waals surface area contributed by atoms with E-state index in [2.05, 4.69) is 15.4 Å². The van der Waals surface area contributed by atoms with Crippen molar-refractivity contribution in [1.29, 1.82) is 0 Å². The number of hydrogen-bond donors (Lipinski definition) is 2. The van der Waals surface area contributed by atoms with E-state index >= 15 is 0 Å². The van der Waals surface area contributed by atoms with E-state index in [1.807, 2.05) is 12.4 Å². The van der Waals surface area contributed by atoms with Crippen LogP contribution in [-0.2, 0) is 0 Å². The highest BCUT2D eigenvalue weighted by Gasteiger charge is 2.22. The third kappa shape index (κ3) is 2.49. The smallest absolute Gasteiger partial charge is 0.115 e. The fourth-order valence-electron chi connectivity index (χ4n) is 1.65. The first kappa shape index (κ1) is 9.55. The Morgan fingerprint density at radius 2 is 2.14 bits per heavy atom. The van der Waals surface area contributed by atoms with E-state index in [1.54, 1.807) is 0 Å². The number of nitrogens with zero attached hydrogens (tertiary/aromatic N) is 2. The van der Waals surface area contributed by atoms with Gasteiger partial charge in [-0.15, -0.1) is 0 Å². The molecule has 0 spiro atoms. The third-order valence-electron chi connectivity index (χ3n) is 2.74. The lowest BCUT2D eigenvalue weighted by Gasteiger charge is -2.14. The molecule has 0 bridgehead atoms. The van der Waals surface area contributed by atoms with Crippen molar-refractivity contribution in [3.8, 4) is 0 Å². The SMILES string of the molecule is NNC(CCC1CC1)c1cncnc1. The Labute approximate surface area is 83.9 Å². The zero-order chi connectivity index (χ0) is 9.80. The minimum absolute atomic E-state index is 0.205. The Morgan fingerprint density at radius 1 is 1.43 bits per heavy atom. The Balaban J connectivity index is 1.90. The minimum atomic E-state index is 0.205. The molecule has 0 aliphatic heterocycles. The van der Waals surface area contributed by atoms with Crippen LogP contribution in [0.25, 0.3) is 0 Å². The number of hydrogen-bond acceptors (Lipinski definition) is 4. The van der Waals surface area contributed by atoms with Gasteiger partial charge in [0.05, 0.1) is 0 Å². The van der Waals surface area contributed by atoms with E-state index in [1.165, 1.54) is 25.6 Å². The van der Waals surface area contributed by atoms with Gasteiger partial charge in [-0.1, -0.05) is 12.8 Å². The summed E-state index contributed by atoms with van der Waals surface area (Å²) in [7, 11) is 0. The Kier molecular flexibility index (Phi) is 3.06. The highest BCUT2D eigenvalue weighted by molar-refractivity contribution is 5.08. The molecule has 14 heavy (non-hydrogen) atoms. The molecule has 1 saturated carbocycles. The molecule has 1 unspecified atom stereocenters. The predicted molar refractivity (Wildman–Crippen MR) is 54.1 cm³/mol. The van der Waals surface area contributed by atoms with Gasteiger partial charge >= 0.3 is 0 Å². The molecule has 3 N–H and O–H groups in total. The van der Waals surface area contributed by atoms with Gasteiger partial charge < -0.3 is 0 Å². The van der Waals surface area contributed by atoms with Crippen molar-refractivity contribution >= 4 is 0 Å². The first-order valence-electron chi connectivity index (χ1n) is 5.11. The van der Waals surface area contributed by atoms with Gasteiger partial charge in [0.1, 0.15) is 6.33 Å². The quantitative estimate of drug-likeness (QED) is 0.543. The first-order chi connectivity index (χ1) is 6.90. The van der Waals surface area contributed by atoms with E-state index < -0.39 is 0 Å². The highest BCUT2D eigenvalue weighted by atomic mass is 15.2. The molecule has 0 radical (unpaired) electrons. The molecular formula is C10H16N4. The number of nitrogens with one attached hydrogen (secondary N) is 1. The van der Waals surface area contributed by atoms with Crippen molar-refractivity contribution in [2.75, 3.05) is 0 Å². The lowest BCUT2D eigenvalue weighted by Crippen LogP contribution is -2.28. The summed E-state index contributed by atoms with van der Waals surface area (Å²) in [5.74, 6) is 6.45. The molecule has 1 heterocycles. The van der Waals surface area contributed by atoms with Gasteiger partial charge in [-0.25, -0.2) is 9.97 Å². The van der Waals surface area contributed by atoms with Gasteiger partial charge in [0.25, 0.3) is 0 Å². The van der Waals surface area contributed by atoms with E-state index in [0.29, 0.717) is 0 Å². The lowest BCUT2D eigenvalue weighted by atomic mass is 10.0. The van der Waals surface area contributed by atoms with E-state index in [0.717, 1.165) is 17.9 Å². The highest BCUT2D eigenvalue weighted by Crippen LogP contribution is 2.35. The van der Waals surface area contributed by atoms with Crippen LogP contribution in [-0.4, -0.2) is 9.97 Å². The average Bonchev–Trinajstić information content (AvgIpc) is 3.04. The summed E-state index contributed by atoms with van der Waals surface area (Å²) in [5, 5.41) is 0. The molecule has 1 fully saturated rings. The lowest BCUT2D eigenvalue weighted by molar-refractivity contribution is 0.479. The normalized spacial score (nSPS) is 18.1. The largest absolute Gasteiger partial charge is 0.271 e. The molecule has 2 rings (SSSR count). The summed E-state index contributed by atoms with van der Waals surface area (Å²) >= 11 is 0. The van der Waals surface area contributed by atoms with Crippen LogP contribution in [0.1, 0.15) is 37.3 Å². The fourth-order valence-corrected chi connectivity index (χ4v) is 1.65. The number of nitrogens with two attached hydrogens (primary N) is 1. The molecule has 1 atom stereocenters. The Bertz CT molecular complexity index is 271. The Hall–Kier alpha value is -1.00. The maximum Gasteiger partial charge on any atom is 0.115 e. The molecule has 1 aliphatic carbocycles. The minimum Gasteiger partial charge on any atom is -0.271 e. The van der Waals surface area contributed by atoms with Crippen molar-refractivity contribution in [3.63, 3.8) is 0 Å². The second kappa shape index (κ2) is 4.48. The van der Waals surface area contributed by atoms with Crippen LogP contribution >= 0.6 is 0 Å². The van der Waals surface area contributed by atoms with Crippen molar-refractivity contribution < 1.29 is 0 Å². The van der Waals surface area contributed by atoms with E-state index in [4.69, 9.17) is 5.84 Å². The van der Waals surface area contributed by atoms with Gasteiger partial charge in [-0.2, -0.15) is 0 Å². The molecular weight excluding hydrogens is 176 g/mol. The second-order valence-electron chi connectivity index (χ2n) is 3.91.